The summed E-state index contributed by atoms with van der Waals surface area (Å²) in [4.78, 5) is 12.3. The highest BCUT2D eigenvalue weighted by molar-refractivity contribution is 5.94. The number of hydrogen-bond donors (Lipinski definition) is 1. The van der Waals surface area contributed by atoms with Crippen LogP contribution in [0.1, 0.15) is 58.2 Å². The van der Waals surface area contributed by atoms with Crippen LogP contribution >= 0.6 is 0 Å². The van der Waals surface area contributed by atoms with Crippen molar-refractivity contribution in [2.24, 2.45) is 5.41 Å². The van der Waals surface area contributed by atoms with Gasteiger partial charge in [-0.2, -0.15) is 0 Å². The molecule has 4 heteroatoms. The van der Waals surface area contributed by atoms with Crippen molar-refractivity contribution in [3.8, 4) is 17.2 Å². The van der Waals surface area contributed by atoms with Crippen LogP contribution in [0.2, 0.25) is 0 Å². The van der Waals surface area contributed by atoms with Crippen LogP contribution in [0.5, 0.6) is 17.2 Å². The van der Waals surface area contributed by atoms with Crippen LogP contribution in [-0.2, 0) is 10.2 Å². The van der Waals surface area contributed by atoms with Crippen LogP contribution in [-0.4, -0.2) is 13.0 Å². The molecule has 0 atom stereocenters. The Labute approximate surface area is 169 Å². The molecule has 2 aromatic rings. The van der Waals surface area contributed by atoms with Gasteiger partial charge in [-0.25, -0.2) is 0 Å². The molecule has 0 fully saturated rings. The van der Waals surface area contributed by atoms with Gasteiger partial charge in [-0.3, -0.25) is 4.79 Å². The molecule has 152 valence electrons. The highest BCUT2D eigenvalue weighted by Gasteiger charge is 2.22. The summed E-state index contributed by atoms with van der Waals surface area (Å²) in [5.41, 5.74) is 3.32. The van der Waals surface area contributed by atoms with E-state index in [2.05, 4.69) is 26.1 Å². The SMILES string of the molecule is COc1ccc(Oc2c(C)cc(NC(=O)C(C)(C)C)cc2C)cc1C(C)(C)C. The molecule has 0 aromatic heterocycles. The molecule has 2 rings (SSSR count). The molecule has 0 aliphatic heterocycles. The molecule has 0 unspecified atom stereocenters. The first kappa shape index (κ1) is 21.8. The van der Waals surface area contributed by atoms with E-state index in [1.54, 1.807) is 7.11 Å². The zero-order valence-corrected chi connectivity index (χ0v) is 18.6. The van der Waals surface area contributed by atoms with Crippen molar-refractivity contribution in [2.75, 3.05) is 12.4 Å². The minimum absolute atomic E-state index is 0.00931. The Hall–Kier alpha value is -2.49. The smallest absolute Gasteiger partial charge is 0.229 e. The van der Waals surface area contributed by atoms with Gasteiger partial charge in [0.2, 0.25) is 5.91 Å². The highest BCUT2D eigenvalue weighted by atomic mass is 16.5. The fraction of sp³-hybridized carbons (Fsp3) is 0.458. The zero-order chi connectivity index (χ0) is 21.3. The molecule has 4 nitrogen and oxygen atoms in total. The lowest BCUT2D eigenvalue weighted by Crippen LogP contribution is -2.27. The van der Waals surface area contributed by atoms with Crippen LogP contribution in [0.3, 0.4) is 0 Å². The van der Waals surface area contributed by atoms with Gasteiger partial charge in [0.15, 0.2) is 0 Å². The summed E-state index contributed by atoms with van der Waals surface area (Å²) in [6, 6.07) is 9.79. The Morgan fingerprint density at radius 1 is 0.929 bits per heavy atom. The fourth-order valence-electron chi connectivity index (χ4n) is 2.96. The zero-order valence-electron chi connectivity index (χ0n) is 18.6. The van der Waals surface area contributed by atoms with E-state index in [0.29, 0.717) is 0 Å². The molecular formula is C24H33NO3. The molecule has 0 saturated heterocycles. The van der Waals surface area contributed by atoms with Crippen molar-refractivity contribution in [3.05, 3.63) is 47.0 Å². The molecule has 0 radical (unpaired) electrons. The molecule has 0 bridgehead atoms. The average Bonchev–Trinajstić information content (AvgIpc) is 2.56. The van der Waals surface area contributed by atoms with Crippen molar-refractivity contribution in [1.82, 2.24) is 0 Å². The number of methoxy groups -OCH3 is 1. The number of amides is 1. The first-order valence-corrected chi connectivity index (χ1v) is 9.62. The van der Waals surface area contributed by atoms with Crippen LogP contribution < -0.4 is 14.8 Å². The van der Waals surface area contributed by atoms with Gasteiger partial charge in [0.25, 0.3) is 0 Å². The molecule has 28 heavy (non-hydrogen) atoms. The summed E-state index contributed by atoms with van der Waals surface area (Å²) in [7, 11) is 1.68. The van der Waals surface area contributed by atoms with Crippen molar-refractivity contribution in [2.45, 2.75) is 60.8 Å². The van der Waals surface area contributed by atoms with Crippen LogP contribution in [0, 0.1) is 19.3 Å². The second-order valence-electron chi connectivity index (χ2n) is 9.36. The van der Waals surface area contributed by atoms with E-state index in [4.69, 9.17) is 9.47 Å². The van der Waals surface area contributed by atoms with E-state index < -0.39 is 5.41 Å². The second kappa shape index (κ2) is 7.86. The van der Waals surface area contributed by atoms with Crippen molar-refractivity contribution < 1.29 is 14.3 Å². The molecule has 1 amide bonds. The first-order valence-electron chi connectivity index (χ1n) is 9.62. The van der Waals surface area contributed by atoms with Gasteiger partial charge in [-0.15, -0.1) is 0 Å². The maximum Gasteiger partial charge on any atom is 0.229 e. The summed E-state index contributed by atoms with van der Waals surface area (Å²) in [5, 5.41) is 2.99. The summed E-state index contributed by atoms with van der Waals surface area (Å²) in [5.74, 6) is 2.42. The number of ether oxygens (including phenoxy) is 2. The summed E-state index contributed by atoms with van der Waals surface area (Å²) < 4.78 is 11.7. The molecule has 0 aliphatic carbocycles. The Kier molecular flexibility index (Phi) is 6.12. The number of aryl methyl sites for hydroxylation is 2. The normalized spacial score (nSPS) is 11.9. The third-order valence-electron chi connectivity index (χ3n) is 4.60. The quantitative estimate of drug-likeness (QED) is 0.666. The monoisotopic (exact) mass is 383 g/mol. The minimum atomic E-state index is -0.441. The van der Waals surface area contributed by atoms with Crippen molar-refractivity contribution in [3.63, 3.8) is 0 Å². The second-order valence-corrected chi connectivity index (χ2v) is 9.36. The van der Waals surface area contributed by atoms with E-state index in [1.165, 1.54) is 0 Å². The topological polar surface area (TPSA) is 47.6 Å². The lowest BCUT2D eigenvalue weighted by Gasteiger charge is -2.23. The third kappa shape index (κ3) is 5.06. The standard InChI is InChI=1S/C24H33NO3/c1-15-12-17(25-22(26)24(6,7)8)13-16(2)21(15)28-18-10-11-20(27-9)19(14-18)23(3,4)5/h10-14H,1-9H3,(H,25,26). The lowest BCUT2D eigenvalue weighted by molar-refractivity contribution is -0.123. The van der Waals surface area contributed by atoms with E-state index in [9.17, 15) is 4.79 Å². The lowest BCUT2D eigenvalue weighted by atomic mass is 9.86. The minimum Gasteiger partial charge on any atom is -0.496 e. The van der Waals surface area contributed by atoms with Gasteiger partial charge in [0.05, 0.1) is 7.11 Å². The van der Waals surface area contributed by atoms with Crippen molar-refractivity contribution in [1.29, 1.82) is 0 Å². The molecule has 0 saturated carbocycles. The number of anilines is 1. The molecular weight excluding hydrogens is 350 g/mol. The van der Waals surface area contributed by atoms with Crippen LogP contribution in [0.4, 0.5) is 5.69 Å². The summed E-state index contributed by atoms with van der Waals surface area (Å²) >= 11 is 0. The predicted molar refractivity (Wildman–Crippen MR) is 116 cm³/mol. The van der Waals surface area contributed by atoms with Gasteiger partial charge >= 0.3 is 0 Å². The Balaban J connectivity index is 2.34. The van der Waals surface area contributed by atoms with Crippen LogP contribution in [0.25, 0.3) is 0 Å². The average molecular weight is 384 g/mol. The summed E-state index contributed by atoms with van der Waals surface area (Å²) in [6.45, 7) is 16.1. The third-order valence-corrected chi connectivity index (χ3v) is 4.60. The maximum absolute atomic E-state index is 12.3. The van der Waals surface area contributed by atoms with E-state index in [-0.39, 0.29) is 11.3 Å². The number of benzene rings is 2. The molecule has 0 aliphatic rings. The summed E-state index contributed by atoms with van der Waals surface area (Å²) in [6.07, 6.45) is 0. The van der Waals surface area contributed by atoms with Gasteiger partial charge < -0.3 is 14.8 Å². The van der Waals surface area contributed by atoms with Gasteiger partial charge in [0.1, 0.15) is 17.2 Å². The van der Waals surface area contributed by atoms with Gasteiger partial charge in [0, 0.05) is 16.7 Å². The van der Waals surface area contributed by atoms with Crippen LogP contribution in [0.15, 0.2) is 30.3 Å². The highest BCUT2D eigenvalue weighted by Crippen LogP contribution is 2.37. The van der Waals surface area contributed by atoms with E-state index in [0.717, 1.165) is 39.6 Å². The number of hydrogen-bond acceptors (Lipinski definition) is 3. The molecule has 0 heterocycles. The number of nitrogens with one attached hydrogen (secondary N) is 1. The molecule has 1 N–H and O–H groups in total. The predicted octanol–water partition coefficient (Wildman–Crippen LogP) is 6.39. The van der Waals surface area contributed by atoms with E-state index in [1.807, 2.05) is 65.0 Å². The van der Waals surface area contributed by atoms with Crippen molar-refractivity contribution >= 4 is 11.6 Å². The Morgan fingerprint density at radius 3 is 1.96 bits per heavy atom. The first-order chi connectivity index (χ1) is 12.8. The largest absolute Gasteiger partial charge is 0.496 e. The van der Waals surface area contributed by atoms with Gasteiger partial charge in [-0.1, -0.05) is 41.5 Å². The number of carbonyl (C=O) groups excluding carboxylic acids is 1. The maximum atomic E-state index is 12.3. The Bertz CT molecular complexity index is 847. The van der Waals surface area contributed by atoms with Gasteiger partial charge in [-0.05, 0) is 60.7 Å². The Morgan fingerprint density at radius 2 is 1.50 bits per heavy atom. The number of carbonyl (C=O) groups is 1. The van der Waals surface area contributed by atoms with E-state index >= 15 is 0 Å². The molecule has 0 spiro atoms. The number of rotatable bonds is 4. The fourth-order valence-corrected chi connectivity index (χ4v) is 2.96. The molecule has 2 aromatic carbocycles.